The van der Waals surface area contributed by atoms with E-state index in [-0.39, 0.29) is 30.3 Å². The summed E-state index contributed by atoms with van der Waals surface area (Å²) in [4.78, 5) is 49.5. The molecular formula is C21H44N8O10S. The molecule has 0 aromatic heterocycles. The topological polar surface area (TPSA) is 351 Å². The molecule has 4 atom stereocenters. The van der Waals surface area contributed by atoms with Crippen LogP contribution in [0.4, 0.5) is 0 Å². The average Bonchev–Trinajstić information content (AvgIpc) is 3.62. The molecule has 0 radical (unpaired) electrons. The number of aliphatic carboxylic acids is 5. The smallest absolute Gasteiger partial charge is 0.321 e. The second-order valence-electron chi connectivity index (χ2n) is 8.13. The minimum absolute atomic E-state index is 0.112. The fraction of sp³-hybridized carbons (Fsp3) is 0.714. The maximum absolute atomic E-state index is 10.2. The Kier molecular flexibility index (Phi) is 26.8. The van der Waals surface area contributed by atoms with Crippen LogP contribution >= 0.6 is 12.6 Å². The Morgan fingerprint density at radius 1 is 0.875 bits per heavy atom. The van der Waals surface area contributed by atoms with Crippen LogP contribution < -0.4 is 38.9 Å². The minimum Gasteiger partial charge on any atom is -0.480 e. The predicted octanol–water partition coefficient (Wildman–Crippen LogP) is -3.33. The van der Waals surface area contributed by atoms with Crippen LogP contribution in [0.25, 0.3) is 0 Å². The lowest BCUT2D eigenvalue weighted by Crippen LogP contribution is -2.34. The molecule has 0 spiro atoms. The largest absolute Gasteiger partial charge is 0.480 e. The van der Waals surface area contributed by atoms with Gasteiger partial charge in [-0.15, -0.1) is 0 Å². The van der Waals surface area contributed by atoms with Crippen LogP contribution in [0.5, 0.6) is 0 Å². The number of nitrogens with one attached hydrogen (secondary N) is 4. The first kappa shape index (κ1) is 41.3. The molecule has 2 rings (SSSR count). The third-order valence-electron chi connectivity index (χ3n) is 4.73. The quantitative estimate of drug-likeness (QED) is 0.0504. The molecule has 2 aliphatic heterocycles. The van der Waals surface area contributed by atoms with E-state index < -0.39 is 41.9 Å². The molecule has 234 valence electrons. The molecule has 2 aliphatic rings. The van der Waals surface area contributed by atoms with Crippen molar-refractivity contribution < 1.29 is 49.5 Å². The molecule has 0 saturated carbocycles. The van der Waals surface area contributed by atoms with Crippen molar-refractivity contribution in [1.29, 1.82) is 5.41 Å². The van der Waals surface area contributed by atoms with Crippen molar-refractivity contribution in [3.05, 3.63) is 0 Å². The number of nitrogens with two attached hydrogens (primary N) is 4. The highest BCUT2D eigenvalue weighted by molar-refractivity contribution is 7.80. The standard InChI is InChI=1S/C6H14N4O2.2C5H9NO2.C3H7NO2S.C2H5NO2/c7-4(5(11)12)2-1-3-10-6(8)9;2*7-5(8)4-2-1-3-6-4;4-2(1-7)3(5)6;3-1-2(4)5/h4H,1-3,7H2,(H,11,12)(H4,8,9,10);2*4,6H,1-3H2,(H,7,8);2,7H,1,4H2,(H,5,6);1,3H2,(H,4,5)/t3*4-;2-;/m0000./s1. The van der Waals surface area contributed by atoms with Gasteiger partial charge in [0.05, 0.1) is 6.54 Å². The first-order valence-electron chi connectivity index (χ1n) is 12.1. The molecule has 18 nitrogen and oxygen atoms in total. The molecule has 0 aliphatic carbocycles. The first-order chi connectivity index (χ1) is 18.6. The molecule has 0 amide bonds. The van der Waals surface area contributed by atoms with E-state index in [9.17, 15) is 24.0 Å². The summed E-state index contributed by atoms with van der Waals surface area (Å²) in [7, 11) is 0. The van der Waals surface area contributed by atoms with Crippen molar-refractivity contribution in [1.82, 2.24) is 16.0 Å². The Labute approximate surface area is 237 Å². The van der Waals surface area contributed by atoms with Gasteiger partial charge >= 0.3 is 29.8 Å². The van der Waals surface area contributed by atoms with Gasteiger partial charge in [-0.25, -0.2) is 0 Å². The summed E-state index contributed by atoms with van der Waals surface area (Å²) >= 11 is 3.65. The number of hydrogen-bond donors (Lipinski definition) is 14. The average molecular weight is 601 g/mol. The summed E-state index contributed by atoms with van der Waals surface area (Å²) in [6, 6.07) is -2.17. The van der Waals surface area contributed by atoms with Crippen molar-refractivity contribution in [2.45, 2.75) is 62.7 Å². The van der Waals surface area contributed by atoms with Crippen molar-refractivity contribution in [3.8, 4) is 0 Å². The molecule has 0 aromatic carbocycles. The van der Waals surface area contributed by atoms with Crippen LogP contribution in [-0.4, -0.2) is 117 Å². The molecule has 2 saturated heterocycles. The fourth-order valence-electron chi connectivity index (χ4n) is 2.54. The zero-order valence-corrected chi connectivity index (χ0v) is 23.0. The molecule has 40 heavy (non-hydrogen) atoms. The zero-order valence-electron chi connectivity index (χ0n) is 22.1. The molecule has 0 aromatic rings. The second kappa shape index (κ2) is 26.0. The lowest BCUT2D eigenvalue weighted by atomic mass is 10.2. The van der Waals surface area contributed by atoms with Gasteiger partial charge in [-0.1, -0.05) is 0 Å². The van der Waals surface area contributed by atoms with Crippen LogP contribution in [0.15, 0.2) is 0 Å². The van der Waals surface area contributed by atoms with E-state index in [2.05, 4.69) is 34.3 Å². The number of hydrogen-bond acceptors (Lipinski definition) is 12. The van der Waals surface area contributed by atoms with Crippen LogP contribution in [0.2, 0.25) is 0 Å². The molecule has 2 fully saturated rings. The van der Waals surface area contributed by atoms with Gasteiger partial charge in [0.15, 0.2) is 5.96 Å². The van der Waals surface area contributed by atoms with E-state index in [1.165, 1.54) is 0 Å². The number of guanidine groups is 1. The Bertz CT molecular complexity index is 740. The lowest BCUT2D eigenvalue weighted by Gasteiger charge is -2.06. The summed E-state index contributed by atoms with van der Waals surface area (Å²) in [5.41, 5.74) is 19.7. The van der Waals surface area contributed by atoms with Crippen LogP contribution in [0, 0.1) is 5.41 Å². The summed E-state index contributed by atoms with van der Waals surface area (Å²) in [6.45, 7) is 1.92. The van der Waals surface area contributed by atoms with Crippen molar-refractivity contribution >= 4 is 48.4 Å². The van der Waals surface area contributed by atoms with Crippen molar-refractivity contribution in [3.63, 3.8) is 0 Å². The van der Waals surface area contributed by atoms with E-state index >= 15 is 0 Å². The second-order valence-corrected chi connectivity index (χ2v) is 8.49. The molecule has 19 heteroatoms. The van der Waals surface area contributed by atoms with Gasteiger partial charge in [-0.2, -0.15) is 12.6 Å². The summed E-state index contributed by atoms with van der Waals surface area (Å²) < 4.78 is 0. The Morgan fingerprint density at radius 3 is 1.45 bits per heavy atom. The maximum atomic E-state index is 10.2. The third kappa shape index (κ3) is 27.8. The number of carboxylic acids is 5. The number of carbonyl (C=O) groups is 5. The SMILES string of the molecule is N=C(N)NCCC[C@H](N)C(=O)O.NCC(=O)O.N[C@@H](CS)C(=O)O.O=C(O)[C@@H]1CCCN1.O=C(O)[C@@H]1CCCN1. The minimum atomic E-state index is -1.00. The first-order valence-corrected chi connectivity index (χ1v) is 12.7. The van der Waals surface area contributed by atoms with Gasteiger partial charge < -0.3 is 64.4 Å². The van der Waals surface area contributed by atoms with Gasteiger partial charge in [-0.05, 0) is 51.6 Å². The van der Waals surface area contributed by atoms with E-state index in [4.69, 9.17) is 48.1 Å². The number of rotatable bonds is 10. The van der Waals surface area contributed by atoms with E-state index in [0.29, 0.717) is 19.4 Å². The molecule has 2 heterocycles. The van der Waals surface area contributed by atoms with Gasteiger partial charge in [0, 0.05) is 12.3 Å². The Balaban J connectivity index is -0.000000440. The Hall–Kier alpha value is -3.23. The lowest BCUT2D eigenvalue weighted by molar-refractivity contribution is -0.140. The fourth-order valence-corrected chi connectivity index (χ4v) is 2.69. The molecule has 0 bridgehead atoms. The van der Waals surface area contributed by atoms with Gasteiger partial charge in [0.1, 0.15) is 24.2 Å². The van der Waals surface area contributed by atoms with E-state index in [1.54, 1.807) is 0 Å². The molecular weight excluding hydrogens is 556 g/mol. The summed E-state index contributed by atoms with van der Waals surface area (Å²) in [6.07, 6.45) is 4.54. The van der Waals surface area contributed by atoms with Crippen LogP contribution in [0.3, 0.4) is 0 Å². The predicted molar refractivity (Wildman–Crippen MR) is 148 cm³/mol. The summed E-state index contributed by atoms with van der Waals surface area (Å²) in [5.74, 6) is -4.34. The highest BCUT2D eigenvalue weighted by Gasteiger charge is 2.20. The van der Waals surface area contributed by atoms with Gasteiger partial charge in [0.2, 0.25) is 0 Å². The van der Waals surface area contributed by atoms with Gasteiger partial charge in [0.25, 0.3) is 0 Å². The maximum Gasteiger partial charge on any atom is 0.321 e. The van der Waals surface area contributed by atoms with E-state index in [1.807, 2.05) is 0 Å². The highest BCUT2D eigenvalue weighted by atomic mass is 32.1. The van der Waals surface area contributed by atoms with Crippen LogP contribution in [0.1, 0.15) is 38.5 Å². The molecule has 0 unspecified atom stereocenters. The van der Waals surface area contributed by atoms with Crippen molar-refractivity contribution in [2.75, 3.05) is 31.9 Å². The number of carboxylic acid groups (broad SMARTS) is 5. The normalized spacial score (nSPS) is 18.2. The van der Waals surface area contributed by atoms with Crippen LogP contribution in [-0.2, 0) is 24.0 Å². The Morgan fingerprint density at radius 2 is 1.27 bits per heavy atom. The van der Waals surface area contributed by atoms with Gasteiger partial charge in [-0.3, -0.25) is 29.4 Å². The van der Waals surface area contributed by atoms with Crippen molar-refractivity contribution in [2.24, 2.45) is 22.9 Å². The summed E-state index contributed by atoms with van der Waals surface area (Å²) in [5, 5.41) is 55.7. The highest BCUT2D eigenvalue weighted by Crippen LogP contribution is 2.04. The zero-order chi connectivity index (χ0) is 31.7. The molecule has 17 N–H and O–H groups in total. The van der Waals surface area contributed by atoms with E-state index in [0.717, 1.165) is 38.8 Å². The monoisotopic (exact) mass is 600 g/mol. The number of thiol groups is 1. The third-order valence-corrected chi connectivity index (χ3v) is 5.12.